The van der Waals surface area contributed by atoms with E-state index in [4.69, 9.17) is 5.26 Å². The maximum Gasteiger partial charge on any atom is 0.329 e. The third-order valence-electron chi connectivity index (χ3n) is 3.63. The first-order valence-corrected chi connectivity index (χ1v) is 7.92. The zero-order valence-electron chi connectivity index (χ0n) is 13.9. The molecule has 0 unspecified atom stereocenters. The average molecular weight is 341 g/mol. The molecule has 0 saturated carbocycles. The van der Waals surface area contributed by atoms with Gasteiger partial charge < -0.3 is 10.2 Å². The Morgan fingerprint density at radius 2 is 2.00 bits per heavy atom. The minimum absolute atomic E-state index is 0.0467. The van der Waals surface area contributed by atoms with Gasteiger partial charge in [0, 0.05) is 24.5 Å². The van der Waals surface area contributed by atoms with Crippen molar-refractivity contribution in [3.8, 4) is 6.07 Å². The standard InChI is InChI=1S/C17H19N5O3/c1-12(20-21-16(24)17(25)22-7-2-3-8-22)9-15(23)19-14-6-4-5-13(10-14)11-18/h4-6,10H,2-3,7-9H2,1H3,(H,19,23)(H,21,24)/b20-12+. The first-order chi connectivity index (χ1) is 12.0. The Labute approximate surface area is 145 Å². The summed E-state index contributed by atoms with van der Waals surface area (Å²) in [6.45, 7) is 2.74. The molecule has 25 heavy (non-hydrogen) atoms. The van der Waals surface area contributed by atoms with E-state index in [1.165, 1.54) is 4.90 Å². The molecule has 3 amide bonds. The molecule has 0 atom stereocenters. The molecule has 130 valence electrons. The normalized spacial score (nSPS) is 13.9. The molecule has 1 aliphatic heterocycles. The lowest BCUT2D eigenvalue weighted by Crippen LogP contribution is -2.40. The summed E-state index contributed by atoms with van der Waals surface area (Å²) < 4.78 is 0. The Morgan fingerprint density at radius 1 is 1.28 bits per heavy atom. The van der Waals surface area contributed by atoms with Gasteiger partial charge in [0.15, 0.2) is 0 Å². The van der Waals surface area contributed by atoms with E-state index in [1.807, 2.05) is 6.07 Å². The fourth-order valence-electron chi connectivity index (χ4n) is 2.40. The van der Waals surface area contributed by atoms with Crippen LogP contribution in [0.3, 0.4) is 0 Å². The van der Waals surface area contributed by atoms with Gasteiger partial charge in [-0.1, -0.05) is 6.07 Å². The Kier molecular flexibility index (Phi) is 6.23. The second-order valence-electron chi connectivity index (χ2n) is 5.70. The molecule has 0 aromatic heterocycles. The Hall–Kier alpha value is -3.21. The van der Waals surface area contributed by atoms with E-state index >= 15 is 0 Å². The van der Waals surface area contributed by atoms with E-state index in [9.17, 15) is 14.4 Å². The molecule has 2 rings (SSSR count). The molecule has 1 heterocycles. The Balaban J connectivity index is 1.83. The summed E-state index contributed by atoms with van der Waals surface area (Å²) in [7, 11) is 0. The molecule has 8 heteroatoms. The summed E-state index contributed by atoms with van der Waals surface area (Å²) in [5.74, 6) is -1.74. The highest BCUT2D eigenvalue weighted by molar-refractivity contribution is 6.35. The lowest BCUT2D eigenvalue weighted by molar-refractivity contribution is -0.145. The summed E-state index contributed by atoms with van der Waals surface area (Å²) in [5, 5.41) is 15.3. The molecule has 0 aliphatic carbocycles. The Bertz CT molecular complexity index is 745. The van der Waals surface area contributed by atoms with Crippen LogP contribution in [0.25, 0.3) is 0 Å². The first kappa shape index (κ1) is 18.1. The molecular formula is C17H19N5O3. The Morgan fingerprint density at radius 3 is 2.68 bits per heavy atom. The highest BCUT2D eigenvalue weighted by Gasteiger charge is 2.24. The van der Waals surface area contributed by atoms with E-state index in [2.05, 4.69) is 15.8 Å². The van der Waals surface area contributed by atoms with Crippen LogP contribution < -0.4 is 10.7 Å². The van der Waals surface area contributed by atoms with Gasteiger partial charge in [0.25, 0.3) is 0 Å². The number of anilines is 1. The molecule has 1 aromatic carbocycles. The molecular weight excluding hydrogens is 322 g/mol. The van der Waals surface area contributed by atoms with Crippen molar-refractivity contribution in [1.29, 1.82) is 5.26 Å². The molecule has 2 N–H and O–H groups in total. The second kappa shape index (κ2) is 8.59. The van der Waals surface area contributed by atoms with Gasteiger partial charge in [0.1, 0.15) is 0 Å². The third-order valence-corrected chi connectivity index (χ3v) is 3.63. The maximum absolute atomic E-state index is 11.9. The van der Waals surface area contributed by atoms with Crippen molar-refractivity contribution in [3.05, 3.63) is 29.8 Å². The number of amides is 3. The smallest absolute Gasteiger partial charge is 0.329 e. The van der Waals surface area contributed by atoms with E-state index in [-0.39, 0.29) is 12.3 Å². The van der Waals surface area contributed by atoms with Crippen molar-refractivity contribution < 1.29 is 14.4 Å². The number of carbonyl (C=O) groups excluding carboxylic acids is 3. The maximum atomic E-state index is 11.9. The van der Waals surface area contributed by atoms with Crippen LogP contribution in [-0.4, -0.2) is 41.4 Å². The minimum atomic E-state index is -0.802. The number of nitriles is 1. The highest BCUT2D eigenvalue weighted by Crippen LogP contribution is 2.10. The van der Waals surface area contributed by atoms with E-state index in [1.54, 1.807) is 31.2 Å². The van der Waals surface area contributed by atoms with E-state index in [0.717, 1.165) is 12.8 Å². The molecule has 1 aliphatic rings. The predicted octanol–water partition coefficient (Wildman–Crippen LogP) is 1.00. The summed E-state index contributed by atoms with van der Waals surface area (Å²) >= 11 is 0. The predicted molar refractivity (Wildman–Crippen MR) is 91.5 cm³/mol. The quantitative estimate of drug-likeness (QED) is 0.483. The molecule has 0 bridgehead atoms. The number of rotatable bonds is 4. The van der Waals surface area contributed by atoms with Gasteiger partial charge in [-0.2, -0.15) is 10.4 Å². The van der Waals surface area contributed by atoms with Crippen molar-refractivity contribution in [2.75, 3.05) is 18.4 Å². The molecule has 1 saturated heterocycles. The van der Waals surface area contributed by atoms with Crippen molar-refractivity contribution in [2.24, 2.45) is 5.10 Å². The number of likely N-dealkylation sites (tertiary alicyclic amines) is 1. The van der Waals surface area contributed by atoms with Gasteiger partial charge in [-0.25, -0.2) is 5.43 Å². The number of benzene rings is 1. The third kappa shape index (κ3) is 5.42. The van der Waals surface area contributed by atoms with Gasteiger partial charge >= 0.3 is 11.8 Å². The van der Waals surface area contributed by atoms with E-state index < -0.39 is 11.8 Å². The van der Waals surface area contributed by atoms with Crippen LogP contribution in [0.2, 0.25) is 0 Å². The zero-order valence-corrected chi connectivity index (χ0v) is 13.9. The van der Waals surface area contributed by atoms with Gasteiger partial charge in [0.05, 0.1) is 18.1 Å². The van der Waals surface area contributed by atoms with Gasteiger partial charge in [-0.05, 0) is 38.0 Å². The van der Waals surface area contributed by atoms with Crippen LogP contribution in [0.15, 0.2) is 29.4 Å². The van der Waals surface area contributed by atoms with Crippen LogP contribution in [0.4, 0.5) is 5.69 Å². The molecule has 1 aromatic rings. The van der Waals surface area contributed by atoms with Gasteiger partial charge in [-0.15, -0.1) is 0 Å². The van der Waals surface area contributed by atoms with Crippen molar-refractivity contribution in [2.45, 2.75) is 26.2 Å². The lowest BCUT2D eigenvalue weighted by atomic mass is 10.2. The number of carbonyl (C=O) groups is 3. The summed E-state index contributed by atoms with van der Waals surface area (Å²) in [5.41, 5.74) is 3.48. The van der Waals surface area contributed by atoms with E-state index in [0.29, 0.717) is 30.1 Å². The van der Waals surface area contributed by atoms with Crippen LogP contribution in [0, 0.1) is 11.3 Å². The fraction of sp³-hybridized carbons (Fsp3) is 0.353. The van der Waals surface area contributed by atoms with Crippen LogP contribution in [-0.2, 0) is 14.4 Å². The number of hydrazone groups is 1. The van der Waals surface area contributed by atoms with Crippen molar-refractivity contribution in [3.63, 3.8) is 0 Å². The lowest BCUT2D eigenvalue weighted by Gasteiger charge is -2.13. The second-order valence-corrected chi connectivity index (χ2v) is 5.70. The number of nitrogens with one attached hydrogen (secondary N) is 2. The molecule has 8 nitrogen and oxygen atoms in total. The first-order valence-electron chi connectivity index (χ1n) is 7.92. The molecule has 1 fully saturated rings. The van der Waals surface area contributed by atoms with Crippen molar-refractivity contribution >= 4 is 29.1 Å². The minimum Gasteiger partial charge on any atom is -0.334 e. The van der Waals surface area contributed by atoms with Crippen LogP contribution >= 0.6 is 0 Å². The fourth-order valence-corrected chi connectivity index (χ4v) is 2.40. The summed E-state index contributed by atoms with van der Waals surface area (Å²) in [4.78, 5) is 37.0. The molecule has 0 radical (unpaired) electrons. The van der Waals surface area contributed by atoms with Gasteiger partial charge in [-0.3, -0.25) is 14.4 Å². The largest absolute Gasteiger partial charge is 0.334 e. The number of hydrogen-bond donors (Lipinski definition) is 2. The van der Waals surface area contributed by atoms with Crippen LogP contribution in [0.5, 0.6) is 0 Å². The van der Waals surface area contributed by atoms with Crippen molar-refractivity contribution in [1.82, 2.24) is 10.3 Å². The van der Waals surface area contributed by atoms with Gasteiger partial charge in [0.2, 0.25) is 5.91 Å². The van der Waals surface area contributed by atoms with Crippen LogP contribution in [0.1, 0.15) is 31.7 Å². The monoisotopic (exact) mass is 341 g/mol. The zero-order chi connectivity index (χ0) is 18.2. The SMILES string of the molecule is C/C(CC(=O)Nc1cccc(C#N)c1)=N\NC(=O)C(=O)N1CCCC1. The average Bonchev–Trinajstić information content (AvgIpc) is 3.13. The summed E-state index contributed by atoms with van der Waals surface area (Å²) in [6.07, 6.45) is 1.75. The highest BCUT2D eigenvalue weighted by atomic mass is 16.2. The molecule has 0 spiro atoms. The topological polar surface area (TPSA) is 115 Å². The number of nitrogens with zero attached hydrogens (tertiary/aromatic N) is 3. The number of hydrogen-bond acceptors (Lipinski definition) is 5. The summed E-state index contributed by atoms with van der Waals surface area (Å²) in [6, 6.07) is 8.51.